The highest BCUT2D eigenvalue weighted by Gasteiger charge is 2.29. The summed E-state index contributed by atoms with van der Waals surface area (Å²) >= 11 is 0. The molecule has 1 aromatic heterocycles. The van der Waals surface area contributed by atoms with E-state index in [1.54, 1.807) is 13.8 Å². The Morgan fingerprint density at radius 2 is 1.85 bits per heavy atom. The van der Waals surface area contributed by atoms with Gasteiger partial charge in [-0.3, -0.25) is 14.4 Å². The molecule has 0 aliphatic carbocycles. The van der Waals surface area contributed by atoms with Crippen molar-refractivity contribution < 1.29 is 24.3 Å². The number of rotatable bonds is 10. The third-order valence-electron chi connectivity index (χ3n) is 3.70. The summed E-state index contributed by atoms with van der Waals surface area (Å²) in [6.45, 7) is 4.54. The van der Waals surface area contributed by atoms with E-state index in [0.717, 1.165) is 0 Å². The number of H-pyrrole nitrogens is 1. The lowest BCUT2D eigenvalue weighted by Crippen LogP contribution is -2.55. The van der Waals surface area contributed by atoms with Crippen molar-refractivity contribution in [2.24, 2.45) is 11.7 Å². The van der Waals surface area contributed by atoms with Gasteiger partial charge in [0.1, 0.15) is 12.1 Å². The molecule has 0 aliphatic rings. The Morgan fingerprint density at radius 1 is 1.19 bits per heavy atom. The molecule has 7 N–H and O–H groups in total. The van der Waals surface area contributed by atoms with Crippen molar-refractivity contribution in [3.8, 4) is 0 Å². The molecular weight excluding hydrogens is 356 g/mol. The van der Waals surface area contributed by atoms with E-state index in [1.807, 2.05) is 0 Å². The fourth-order valence-corrected chi connectivity index (χ4v) is 2.17. The highest BCUT2D eigenvalue weighted by Crippen LogP contribution is 2.05. The number of carboxylic acids is 1. The lowest BCUT2D eigenvalue weighted by atomic mass is 10.0. The first-order chi connectivity index (χ1) is 12.6. The van der Waals surface area contributed by atoms with Crippen molar-refractivity contribution >= 4 is 23.7 Å². The van der Waals surface area contributed by atoms with Crippen molar-refractivity contribution in [2.75, 3.05) is 6.54 Å². The largest absolute Gasteiger partial charge is 0.480 e. The lowest BCUT2D eigenvalue weighted by molar-refractivity contribution is -0.142. The number of aliphatic carboxylic acids is 1. The normalized spacial score (nSPS) is 14.1. The number of imidazole rings is 1. The zero-order valence-corrected chi connectivity index (χ0v) is 15.5. The lowest BCUT2D eigenvalue weighted by Gasteiger charge is -2.24. The van der Waals surface area contributed by atoms with Gasteiger partial charge in [-0.2, -0.15) is 0 Å². The van der Waals surface area contributed by atoms with E-state index < -0.39 is 41.8 Å². The molecule has 0 saturated carbocycles. The predicted octanol–water partition coefficient (Wildman–Crippen LogP) is -1.87. The van der Waals surface area contributed by atoms with Crippen LogP contribution in [0.5, 0.6) is 0 Å². The van der Waals surface area contributed by atoms with Gasteiger partial charge in [0.25, 0.3) is 0 Å². The van der Waals surface area contributed by atoms with Crippen LogP contribution in [0.4, 0.5) is 0 Å². The monoisotopic (exact) mass is 382 g/mol. The van der Waals surface area contributed by atoms with Crippen LogP contribution in [0.3, 0.4) is 0 Å². The zero-order chi connectivity index (χ0) is 20.6. The number of hydrogen-bond donors (Lipinski definition) is 6. The minimum atomic E-state index is -1.21. The number of aromatic nitrogens is 2. The molecule has 150 valence electrons. The van der Waals surface area contributed by atoms with Crippen molar-refractivity contribution in [2.45, 2.75) is 45.3 Å². The number of carbonyl (C=O) groups excluding carboxylic acids is 3. The molecule has 0 aromatic carbocycles. The molecule has 1 rings (SSSR count). The van der Waals surface area contributed by atoms with E-state index in [0.29, 0.717) is 5.69 Å². The van der Waals surface area contributed by atoms with Crippen LogP contribution in [0.15, 0.2) is 12.5 Å². The maximum Gasteiger partial charge on any atom is 0.326 e. The molecule has 0 bridgehead atoms. The molecule has 0 aliphatic heterocycles. The molecule has 11 nitrogen and oxygen atoms in total. The molecule has 1 aromatic rings. The number of nitrogens with one attached hydrogen (secondary N) is 4. The van der Waals surface area contributed by atoms with Gasteiger partial charge in [-0.25, -0.2) is 9.78 Å². The van der Waals surface area contributed by atoms with Gasteiger partial charge in [0.2, 0.25) is 17.7 Å². The Labute approximate surface area is 156 Å². The molecule has 11 heteroatoms. The first-order valence-corrected chi connectivity index (χ1v) is 8.44. The van der Waals surface area contributed by atoms with Crippen LogP contribution in [0, 0.1) is 5.92 Å². The second-order valence-corrected chi connectivity index (χ2v) is 6.48. The molecule has 0 saturated heterocycles. The van der Waals surface area contributed by atoms with E-state index in [9.17, 15) is 24.3 Å². The van der Waals surface area contributed by atoms with Gasteiger partial charge >= 0.3 is 5.97 Å². The summed E-state index contributed by atoms with van der Waals surface area (Å²) < 4.78 is 0. The number of amides is 3. The van der Waals surface area contributed by atoms with Gasteiger partial charge in [0.05, 0.1) is 18.9 Å². The Bertz CT molecular complexity index is 658. The summed E-state index contributed by atoms with van der Waals surface area (Å²) in [5.74, 6) is -3.24. The standard InChI is InChI=1S/C16H26N6O5/c1-8(2)13(22-12(23)6-19-14(24)9(3)17)15(25)21-11(16(26)27)4-10-5-18-7-20-10/h5,7-9,11,13H,4,6,17H2,1-3H3,(H,18,20)(H,19,24)(H,21,25)(H,22,23)(H,26,27). The zero-order valence-electron chi connectivity index (χ0n) is 15.5. The summed E-state index contributed by atoms with van der Waals surface area (Å²) in [6, 6.07) is -2.91. The molecular formula is C16H26N6O5. The molecule has 1 heterocycles. The highest BCUT2D eigenvalue weighted by atomic mass is 16.4. The summed E-state index contributed by atoms with van der Waals surface area (Å²) in [5.41, 5.74) is 5.94. The number of hydrogen-bond acceptors (Lipinski definition) is 6. The van der Waals surface area contributed by atoms with E-state index >= 15 is 0 Å². The van der Waals surface area contributed by atoms with Gasteiger partial charge in [-0.15, -0.1) is 0 Å². The maximum atomic E-state index is 12.5. The van der Waals surface area contributed by atoms with E-state index in [-0.39, 0.29) is 18.9 Å². The first kappa shape index (κ1) is 22.1. The van der Waals surface area contributed by atoms with Crippen LogP contribution >= 0.6 is 0 Å². The summed E-state index contributed by atoms with van der Waals surface area (Å²) in [7, 11) is 0. The van der Waals surface area contributed by atoms with E-state index in [4.69, 9.17) is 5.73 Å². The van der Waals surface area contributed by atoms with Gasteiger partial charge in [-0.1, -0.05) is 13.8 Å². The minimum Gasteiger partial charge on any atom is -0.480 e. The van der Waals surface area contributed by atoms with Gasteiger partial charge in [-0.05, 0) is 12.8 Å². The third-order valence-corrected chi connectivity index (χ3v) is 3.70. The summed E-state index contributed by atoms with van der Waals surface area (Å²) in [6.07, 6.45) is 2.89. The predicted molar refractivity (Wildman–Crippen MR) is 95.3 cm³/mol. The van der Waals surface area contributed by atoms with Crippen LogP contribution in [0.2, 0.25) is 0 Å². The van der Waals surface area contributed by atoms with Crippen molar-refractivity contribution in [1.82, 2.24) is 25.9 Å². The quantitative estimate of drug-likeness (QED) is 0.274. The number of carboxylic acid groups (broad SMARTS) is 1. The summed E-state index contributed by atoms with van der Waals surface area (Å²) in [4.78, 5) is 53.9. The first-order valence-electron chi connectivity index (χ1n) is 8.44. The Morgan fingerprint density at radius 3 is 2.33 bits per heavy atom. The fraction of sp³-hybridized carbons (Fsp3) is 0.562. The average Bonchev–Trinajstić information content (AvgIpc) is 3.09. The number of aromatic amines is 1. The number of carbonyl (C=O) groups is 4. The Kier molecular flexibility index (Phi) is 8.39. The van der Waals surface area contributed by atoms with Gasteiger partial charge < -0.3 is 31.8 Å². The summed E-state index contributed by atoms with van der Waals surface area (Å²) in [5, 5.41) is 16.6. The second-order valence-electron chi connectivity index (χ2n) is 6.48. The molecule has 27 heavy (non-hydrogen) atoms. The highest BCUT2D eigenvalue weighted by molar-refractivity contribution is 5.92. The van der Waals surface area contributed by atoms with E-state index in [1.165, 1.54) is 19.4 Å². The molecule has 3 unspecified atom stereocenters. The van der Waals surface area contributed by atoms with Crippen LogP contribution < -0.4 is 21.7 Å². The second kappa shape index (κ2) is 10.3. The fourth-order valence-electron chi connectivity index (χ4n) is 2.17. The van der Waals surface area contributed by atoms with Crippen LogP contribution in [0.1, 0.15) is 26.5 Å². The minimum absolute atomic E-state index is 0.0181. The molecule has 0 radical (unpaired) electrons. The molecule has 3 atom stereocenters. The topological polar surface area (TPSA) is 179 Å². The number of nitrogens with two attached hydrogens (primary N) is 1. The Hall–Kier alpha value is -2.95. The molecule has 3 amide bonds. The van der Waals surface area contributed by atoms with Crippen molar-refractivity contribution in [1.29, 1.82) is 0 Å². The third kappa shape index (κ3) is 7.44. The maximum absolute atomic E-state index is 12.5. The van der Waals surface area contributed by atoms with E-state index in [2.05, 4.69) is 25.9 Å². The Balaban J connectivity index is 2.68. The van der Waals surface area contributed by atoms with Gasteiger partial charge in [0, 0.05) is 18.3 Å². The van der Waals surface area contributed by atoms with Crippen molar-refractivity contribution in [3.05, 3.63) is 18.2 Å². The van der Waals surface area contributed by atoms with Crippen LogP contribution in [0.25, 0.3) is 0 Å². The van der Waals surface area contributed by atoms with Crippen LogP contribution in [-0.2, 0) is 25.6 Å². The van der Waals surface area contributed by atoms with Crippen LogP contribution in [-0.4, -0.2) is 63.4 Å². The number of nitrogens with zero attached hydrogens (tertiary/aromatic N) is 1. The SMILES string of the molecule is CC(N)C(=O)NCC(=O)NC(C(=O)NC(Cc1cnc[nH]1)C(=O)O)C(C)C. The van der Waals surface area contributed by atoms with Gasteiger partial charge in [0.15, 0.2) is 0 Å². The molecule has 0 fully saturated rings. The van der Waals surface area contributed by atoms with Crippen molar-refractivity contribution in [3.63, 3.8) is 0 Å². The average molecular weight is 382 g/mol. The molecule has 0 spiro atoms. The smallest absolute Gasteiger partial charge is 0.326 e.